The van der Waals surface area contributed by atoms with E-state index < -0.39 is 17.3 Å². The third-order valence-electron chi connectivity index (χ3n) is 5.98. The lowest BCUT2D eigenvalue weighted by molar-refractivity contribution is -0.115. The summed E-state index contributed by atoms with van der Waals surface area (Å²) in [5.74, 6) is -0.0666. The molecule has 0 radical (unpaired) electrons. The van der Waals surface area contributed by atoms with Gasteiger partial charge in [-0.1, -0.05) is 32.4 Å². The van der Waals surface area contributed by atoms with Crippen LogP contribution in [0.25, 0.3) is 0 Å². The van der Waals surface area contributed by atoms with Crippen molar-refractivity contribution in [2.45, 2.75) is 84.1 Å². The number of aryl methyl sites for hydroxylation is 1. The molecule has 1 atom stereocenters. The Morgan fingerprint density at radius 1 is 1.26 bits per heavy atom. The second kappa shape index (κ2) is 14.2. The van der Waals surface area contributed by atoms with Crippen molar-refractivity contribution in [2.75, 3.05) is 25.0 Å². The first-order valence-corrected chi connectivity index (χ1v) is 13.4. The van der Waals surface area contributed by atoms with Crippen LogP contribution in [-0.4, -0.2) is 68.4 Å². The maximum Gasteiger partial charge on any atom is 0.410 e. The van der Waals surface area contributed by atoms with Gasteiger partial charge in [-0.25, -0.2) is 14.2 Å². The van der Waals surface area contributed by atoms with E-state index in [1.165, 1.54) is 23.7 Å². The minimum Gasteiger partial charge on any atom is -0.444 e. The first-order chi connectivity index (χ1) is 18.4. The Hall–Kier alpha value is -3.24. The molecule has 4 rings (SSSR count). The number of β-amino-alcohol motifs (C(OH)–C–C–N with tert-alkyl or cyclic N) is 1. The first-order valence-electron chi connectivity index (χ1n) is 13.4. The molecule has 1 aromatic heterocycles. The molecule has 2 aliphatic rings. The third-order valence-corrected chi connectivity index (χ3v) is 5.98. The normalized spacial score (nSPS) is 17.3. The Bertz CT molecular complexity index is 1090. The van der Waals surface area contributed by atoms with Crippen LogP contribution in [0.15, 0.2) is 43.9 Å². The van der Waals surface area contributed by atoms with Crippen LogP contribution in [0, 0.1) is 5.82 Å². The van der Waals surface area contributed by atoms with Crippen LogP contribution in [0.2, 0.25) is 0 Å². The molecule has 1 unspecified atom stereocenters. The Labute approximate surface area is 231 Å². The second-order valence-corrected chi connectivity index (χ2v) is 10.9. The van der Waals surface area contributed by atoms with Gasteiger partial charge in [-0.05, 0) is 57.2 Å². The minimum absolute atomic E-state index is 0.0356. The van der Waals surface area contributed by atoms with Crippen molar-refractivity contribution in [1.29, 1.82) is 0 Å². The van der Waals surface area contributed by atoms with Gasteiger partial charge in [0.2, 0.25) is 5.91 Å². The Balaban J connectivity index is 0.000000998. The summed E-state index contributed by atoms with van der Waals surface area (Å²) >= 11 is 0. The molecule has 39 heavy (non-hydrogen) atoms. The smallest absolute Gasteiger partial charge is 0.410 e. The van der Waals surface area contributed by atoms with Crippen LogP contribution in [0.1, 0.15) is 58.6 Å². The molecule has 0 bridgehead atoms. The molecule has 2 amide bonds. The molecule has 2 heterocycles. The minimum atomic E-state index is -1.08. The zero-order valence-corrected chi connectivity index (χ0v) is 23.9. The average molecular weight is 546 g/mol. The lowest BCUT2D eigenvalue weighted by Crippen LogP contribution is -2.65. The van der Waals surface area contributed by atoms with Crippen LogP contribution < -0.4 is 10.6 Å². The summed E-state index contributed by atoms with van der Waals surface area (Å²) in [6.07, 6.45) is 6.15. The van der Waals surface area contributed by atoms with E-state index in [4.69, 9.17) is 4.74 Å². The lowest BCUT2D eigenvalue weighted by Gasteiger charge is -2.46. The molecule has 2 aromatic rings. The van der Waals surface area contributed by atoms with E-state index in [1.54, 1.807) is 37.6 Å². The molecular weight excluding hydrogens is 501 g/mol. The van der Waals surface area contributed by atoms with Gasteiger partial charge in [0.1, 0.15) is 17.0 Å². The zero-order chi connectivity index (χ0) is 29.2. The monoisotopic (exact) mass is 545 g/mol. The number of fused-ring (bicyclic) bond motifs is 1. The van der Waals surface area contributed by atoms with Crippen molar-refractivity contribution in [3.63, 3.8) is 0 Å². The number of ether oxygens (including phenoxy) is 1. The van der Waals surface area contributed by atoms with Gasteiger partial charge in [0.05, 0.1) is 32.5 Å². The molecular formula is C29H44FN5O4. The van der Waals surface area contributed by atoms with Gasteiger partial charge in [0, 0.05) is 12.2 Å². The van der Waals surface area contributed by atoms with Crippen molar-refractivity contribution < 1.29 is 23.8 Å². The molecule has 1 saturated heterocycles. The number of aliphatic hydroxyl groups is 1. The van der Waals surface area contributed by atoms with Gasteiger partial charge in [-0.2, -0.15) is 0 Å². The molecule has 1 aromatic carbocycles. The van der Waals surface area contributed by atoms with Crippen molar-refractivity contribution in [3.05, 3.63) is 60.8 Å². The van der Waals surface area contributed by atoms with Crippen LogP contribution >= 0.6 is 0 Å². The molecule has 1 aliphatic carbocycles. The molecule has 216 valence electrons. The van der Waals surface area contributed by atoms with Gasteiger partial charge < -0.3 is 29.9 Å². The maximum absolute atomic E-state index is 14.0. The molecule has 9 nitrogen and oxygen atoms in total. The highest BCUT2D eigenvalue weighted by Crippen LogP contribution is 2.26. The van der Waals surface area contributed by atoms with Crippen LogP contribution in [0.5, 0.6) is 0 Å². The molecule has 3 N–H and O–H groups in total. The van der Waals surface area contributed by atoms with Crippen molar-refractivity contribution >= 4 is 17.8 Å². The van der Waals surface area contributed by atoms with E-state index in [0.29, 0.717) is 12.2 Å². The average Bonchev–Trinajstić information content (AvgIpc) is 3.28. The maximum atomic E-state index is 14.0. The first kappa shape index (κ1) is 32.0. The third kappa shape index (κ3) is 9.78. The van der Waals surface area contributed by atoms with E-state index in [2.05, 4.69) is 42.6 Å². The number of hydrogen-bond acceptors (Lipinski definition) is 6. The lowest BCUT2D eigenvalue weighted by atomic mass is 9.88. The number of rotatable bonds is 6. The summed E-state index contributed by atoms with van der Waals surface area (Å²) in [5.41, 5.74) is 0.0989. The van der Waals surface area contributed by atoms with Crippen molar-refractivity contribution in [2.24, 2.45) is 0 Å². The van der Waals surface area contributed by atoms with Crippen LogP contribution in [-0.2, 0) is 28.9 Å². The Morgan fingerprint density at radius 3 is 2.56 bits per heavy atom. The predicted molar refractivity (Wildman–Crippen MR) is 151 cm³/mol. The number of carbonyl (C=O) groups is 2. The summed E-state index contributed by atoms with van der Waals surface area (Å²) in [6.45, 7) is 16.3. The van der Waals surface area contributed by atoms with Crippen molar-refractivity contribution in [3.8, 4) is 0 Å². The summed E-state index contributed by atoms with van der Waals surface area (Å²) in [7, 11) is 0. The largest absolute Gasteiger partial charge is 0.444 e. The number of amides is 2. The molecule has 0 spiro atoms. The van der Waals surface area contributed by atoms with Gasteiger partial charge in [-0.15, -0.1) is 13.2 Å². The van der Waals surface area contributed by atoms with E-state index in [1.807, 2.05) is 6.07 Å². The van der Waals surface area contributed by atoms with Crippen LogP contribution in [0.4, 0.5) is 15.0 Å². The second-order valence-electron chi connectivity index (χ2n) is 10.9. The fraction of sp³-hybridized carbons (Fsp3) is 0.552. The summed E-state index contributed by atoms with van der Waals surface area (Å²) in [4.78, 5) is 30.0. The van der Waals surface area contributed by atoms with Gasteiger partial charge in [0.25, 0.3) is 0 Å². The zero-order valence-electron chi connectivity index (χ0n) is 23.9. The number of aromatic nitrogens is 2. The van der Waals surface area contributed by atoms with E-state index in [-0.39, 0.29) is 43.9 Å². The number of carbonyl (C=O) groups excluding carboxylic acids is 2. The fourth-order valence-electron chi connectivity index (χ4n) is 4.41. The predicted octanol–water partition coefficient (Wildman–Crippen LogP) is 4.31. The van der Waals surface area contributed by atoms with E-state index in [9.17, 15) is 19.1 Å². The highest BCUT2D eigenvalue weighted by Gasteiger charge is 2.45. The number of nitrogens with zero attached hydrogens (tertiary/aromatic N) is 3. The topological polar surface area (TPSA) is 109 Å². The molecule has 1 aliphatic heterocycles. The quantitative estimate of drug-likeness (QED) is 0.467. The van der Waals surface area contributed by atoms with E-state index in [0.717, 1.165) is 24.0 Å². The number of halogens is 1. The van der Waals surface area contributed by atoms with Crippen molar-refractivity contribution in [1.82, 2.24) is 19.8 Å². The Kier molecular flexibility index (Phi) is 11.7. The number of nitrogens with one attached hydrogen (secondary N) is 2. The summed E-state index contributed by atoms with van der Waals surface area (Å²) in [5, 5.41) is 16.6. The van der Waals surface area contributed by atoms with Gasteiger partial charge >= 0.3 is 6.09 Å². The van der Waals surface area contributed by atoms with Gasteiger partial charge in [0.15, 0.2) is 5.82 Å². The highest BCUT2D eigenvalue weighted by molar-refractivity contribution is 5.91. The summed E-state index contributed by atoms with van der Waals surface area (Å²) < 4.78 is 21.0. The molecule has 1 fully saturated rings. The molecule has 0 saturated carbocycles. The summed E-state index contributed by atoms with van der Waals surface area (Å²) in [6, 6.07) is 5.19. The van der Waals surface area contributed by atoms with Gasteiger partial charge in [-0.3, -0.25) is 4.79 Å². The number of hydrogen-bond donors (Lipinski definition) is 3. The standard InChI is InChI=1S/C24H32FN5O4.C3H8.C2H4/c1-23(2,3)34-22(32)30-13-24(33,14-30)12-29-11-20(27-15-29)28-21(31)10-26-17-8-7-16-5-4-6-19(25)18(16)9-17;1-3-2;1-2/h4-6,11,15,17,26,33H,7-10,12-14H2,1-3H3,(H,28,31);3H2,1-2H3;1-2H2. The molecule has 10 heteroatoms. The Morgan fingerprint density at radius 2 is 1.92 bits per heavy atom. The fourth-order valence-corrected chi connectivity index (χ4v) is 4.41. The number of imidazole rings is 1. The van der Waals surface area contributed by atoms with E-state index >= 15 is 0 Å². The number of benzene rings is 1. The number of likely N-dealkylation sites (tertiary alicyclic amines) is 1. The number of anilines is 1. The van der Waals surface area contributed by atoms with Crippen LogP contribution in [0.3, 0.4) is 0 Å². The SMILES string of the molecule is C=C.CC(C)(C)OC(=O)N1CC(O)(Cn2cnc(NC(=O)CNC3CCc4cccc(F)c4C3)c2)C1.CCC. The highest BCUT2D eigenvalue weighted by atomic mass is 19.1.